The van der Waals surface area contributed by atoms with Gasteiger partial charge in [-0.05, 0) is 39.0 Å². The molecular weight excluding hydrogens is 284 g/mol. The predicted molar refractivity (Wildman–Crippen MR) is 99.3 cm³/mol. The summed E-state index contributed by atoms with van der Waals surface area (Å²) in [7, 11) is 0. The standard InChI is InChI=1S/C21H36O2/c1-3-4-18-21(23)19-16-14-12-10-8-6-5-7-9-11-13-15-17-20(2)22/h16,19,21,23H,3-8,10,12-15,17-18H2,1-2H3/t21-/m1/s1. The molecule has 0 aromatic rings. The van der Waals surface area contributed by atoms with Crippen LogP contribution in [0, 0.1) is 11.8 Å². The molecule has 1 N–H and O–H groups in total. The molecule has 0 rings (SSSR count). The minimum atomic E-state index is -0.246. The Bertz CT molecular complexity index is 360. The van der Waals surface area contributed by atoms with Crippen LogP contribution in [0.5, 0.6) is 0 Å². The van der Waals surface area contributed by atoms with Gasteiger partial charge in [0.25, 0.3) is 0 Å². The molecule has 0 spiro atoms. The van der Waals surface area contributed by atoms with Crippen molar-refractivity contribution in [2.75, 3.05) is 0 Å². The van der Waals surface area contributed by atoms with Gasteiger partial charge in [-0.25, -0.2) is 0 Å². The van der Waals surface area contributed by atoms with Gasteiger partial charge in [-0.3, -0.25) is 0 Å². The zero-order valence-electron chi connectivity index (χ0n) is 15.3. The van der Waals surface area contributed by atoms with Crippen LogP contribution in [0.2, 0.25) is 0 Å². The number of hydrogen-bond acceptors (Lipinski definition) is 2. The first-order valence-electron chi connectivity index (χ1n) is 9.46. The van der Waals surface area contributed by atoms with E-state index in [4.69, 9.17) is 0 Å². The smallest absolute Gasteiger partial charge is 0.129 e. The van der Waals surface area contributed by atoms with Crippen LogP contribution in [0.4, 0.5) is 0 Å². The number of allylic oxidation sites excluding steroid dienone is 1. The summed E-state index contributed by atoms with van der Waals surface area (Å²) < 4.78 is 0. The third kappa shape index (κ3) is 18.9. The molecule has 0 aromatic heterocycles. The van der Waals surface area contributed by atoms with Crippen molar-refractivity contribution in [1.82, 2.24) is 0 Å². The van der Waals surface area contributed by atoms with Crippen LogP contribution in [0.15, 0.2) is 12.2 Å². The zero-order chi connectivity index (χ0) is 17.2. The van der Waals surface area contributed by atoms with Crippen LogP contribution < -0.4 is 0 Å². The van der Waals surface area contributed by atoms with Gasteiger partial charge in [0.2, 0.25) is 0 Å². The monoisotopic (exact) mass is 320 g/mol. The maximum atomic E-state index is 10.8. The highest BCUT2D eigenvalue weighted by molar-refractivity contribution is 5.75. The van der Waals surface area contributed by atoms with Crippen LogP contribution in [0.3, 0.4) is 0 Å². The maximum absolute atomic E-state index is 10.8. The van der Waals surface area contributed by atoms with Crippen molar-refractivity contribution >= 4 is 5.78 Å². The van der Waals surface area contributed by atoms with Crippen LogP contribution in [-0.2, 0) is 4.79 Å². The van der Waals surface area contributed by atoms with Crippen molar-refractivity contribution in [1.29, 1.82) is 0 Å². The number of Topliss-reactive ketones (excluding diaryl/α,β-unsaturated/α-hetero) is 1. The van der Waals surface area contributed by atoms with E-state index in [-0.39, 0.29) is 11.9 Å². The lowest BCUT2D eigenvalue weighted by molar-refractivity contribution is -0.117. The number of aliphatic hydroxyl groups excluding tert-OH is 1. The van der Waals surface area contributed by atoms with Gasteiger partial charge in [0.05, 0.1) is 6.10 Å². The van der Waals surface area contributed by atoms with Crippen LogP contribution in [0.25, 0.3) is 0 Å². The Kier molecular flexibility index (Phi) is 16.5. The lowest BCUT2D eigenvalue weighted by Gasteiger charge is -2.03. The fourth-order valence-corrected chi connectivity index (χ4v) is 2.37. The number of unbranched alkanes of at least 4 members (excludes halogenated alkanes) is 8. The number of ketones is 1. The summed E-state index contributed by atoms with van der Waals surface area (Å²) in [5.41, 5.74) is 0. The predicted octanol–water partition coefficient (Wildman–Crippen LogP) is 5.59. The minimum absolute atomic E-state index is 0.246. The fourth-order valence-electron chi connectivity index (χ4n) is 2.37. The first kappa shape index (κ1) is 21.9. The molecule has 132 valence electrons. The lowest BCUT2D eigenvalue weighted by Crippen LogP contribution is -2.00. The number of rotatable bonds is 14. The normalized spacial score (nSPS) is 12.1. The van der Waals surface area contributed by atoms with Gasteiger partial charge in [0.1, 0.15) is 5.78 Å². The molecule has 0 aromatic carbocycles. The molecule has 0 unspecified atom stereocenters. The Hall–Kier alpha value is -1.07. The lowest BCUT2D eigenvalue weighted by atomic mass is 10.1. The summed E-state index contributed by atoms with van der Waals surface area (Å²) in [5, 5.41) is 9.67. The maximum Gasteiger partial charge on any atom is 0.129 e. The topological polar surface area (TPSA) is 37.3 Å². The second kappa shape index (κ2) is 17.3. The van der Waals surface area contributed by atoms with Crippen LogP contribution >= 0.6 is 0 Å². The highest BCUT2D eigenvalue weighted by atomic mass is 16.3. The molecular formula is C21H36O2. The summed E-state index contributed by atoms with van der Waals surface area (Å²) in [5.74, 6) is 6.61. The Morgan fingerprint density at radius 3 is 2.35 bits per heavy atom. The molecule has 0 aliphatic rings. The Morgan fingerprint density at radius 2 is 1.65 bits per heavy atom. The van der Waals surface area contributed by atoms with Crippen molar-refractivity contribution in [3.05, 3.63) is 12.2 Å². The van der Waals surface area contributed by atoms with Crippen molar-refractivity contribution in [2.45, 2.75) is 103 Å². The molecule has 0 saturated carbocycles. The van der Waals surface area contributed by atoms with Crippen molar-refractivity contribution in [2.24, 2.45) is 0 Å². The van der Waals surface area contributed by atoms with E-state index in [2.05, 4.69) is 24.8 Å². The summed E-state index contributed by atoms with van der Waals surface area (Å²) in [6, 6.07) is 0. The summed E-state index contributed by atoms with van der Waals surface area (Å²) in [4.78, 5) is 10.8. The van der Waals surface area contributed by atoms with Crippen molar-refractivity contribution in [3.8, 4) is 11.8 Å². The van der Waals surface area contributed by atoms with Gasteiger partial charge in [0, 0.05) is 19.3 Å². The molecule has 0 heterocycles. The molecule has 2 heteroatoms. The summed E-state index contributed by atoms with van der Waals surface area (Å²) in [6.45, 7) is 3.79. The van der Waals surface area contributed by atoms with E-state index in [1.165, 1.54) is 32.1 Å². The van der Waals surface area contributed by atoms with E-state index in [0.717, 1.165) is 44.9 Å². The zero-order valence-corrected chi connectivity index (χ0v) is 15.3. The van der Waals surface area contributed by atoms with E-state index in [1.807, 2.05) is 6.08 Å². The summed E-state index contributed by atoms with van der Waals surface area (Å²) in [6.07, 6.45) is 17.7. The highest BCUT2D eigenvalue weighted by Gasteiger charge is 1.96. The number of hydrogen-bond donors (Lipinski definition) is 1. The molecule has 1 atom stereocenters. The fraction of sp³-hybridized carbons (Fsp3) is 0.762. The van der Waals surface area contributed by atoms with Gasteiger partial charge in [-0.15, -0.1) is 11.8 Å². The van der Waals surface area contributed by atoms with Gasteiger partial charge in [-0.2, -0.15) is 0 Å². The summed E-state index contributed by atoms with van der Waals surface area (Å²) >= 11 is 0. The van der Waals surface area contributed by atoms with Crippen LogP contribution in [0.1, 0.15) is 97.3 Å². The number of carbonyl (C=O) groups is 1. The third-order valence-electron chi connectivity index (χ3n) is 3.84. The van der Waals surface area contributed by atoms with Gasteiger partial charge < -0.3 is 9.90 Å². The number of carbonyl (C=O) groups excluding carboxylic acids is 1. The molecule has 0 aliphatic carbocycles. The second-order valence-corrected chi connectivity index (χ2v) is 6.35. The van der Waals surface area contributed by atoms with E-state index in [0.29, 0.717) is 6.42 Å². The average molecular weight is 321 g/mol. The van der Waals surface area contributed by atoms with Gasteiger partial charge in [0.15, 0.2) is 0 Å². The van der Waals surface area contributed by atoms with E-state index in [1.54, 1.807) is 6.92 Å². The third-order valence-corrected chi connectivity index (χ3v) is 3.84. The minimum Gasteiger partial charge on any atom is -0.389 e. The highest BCUT2D eigenvalue weighted by Crippen LogP contribution is 2.08. The van der Waals surface area contributed by atoms with E-state index in [9.17, 15) is 9.90 Å². The molecule has 0 bridgehead atoms. The first-order chi connectivity index (χ1) is 11.2. The quantitative estimate of drug-likeness (QED) is 0.257. The van der Waals surface area contributed by atoms with Gasteiger partial charge >= 0.3 is 0 Å². The van der Waals surface area contributed by atoms with Crippen molar-refractivity contribution < 1.29 is 9.90 Å². The first-order valence-corrected chi connectivity index (χ1v) is 9.46. The Labute approximate surface area is 143 Å². The van der Waals surface area contributed by atoms with E-state index < -0.39 is 0 Å². The Morgan fingerprint density at radius 1 is 1.00 bits per heavy atom. The van der Waals surface area contributed by atoms with Crippen molar-refractivity contribution in [3.63, 3.8) is 0 Å². The molecule has 0 amide bonds. The van der Waals surface area contributed by atoms with Gasteiger partial charge in [-0.1, -0.05) is 51.2 Å². The Balaban J connectivity index is 3.29. The molecule has 0 fully saturated rings. The molecule has 0 radical (unpaired) electrons. The molecule has 23 heavy (non-hydrogen) atoms. The largest absolute Gasteiger partial charge is 0.389 e. The molecule has 0 aliphatic heterocycles. The average Bonchev–Trinajstić information content (AvgIpc) is 2.52. The molecule has 0 saturated heterocycles. The van der Waals surface area contributed by atoms with Crippen LogP contribution in [-0.4, -0.2) is 17.0 Å². The molecule has 2 nitrogen and oxygen atoms in total. The number of aliphatic hydroxyl groups is 1. The SMILES string of the molecule is CCCC[C@@H](O)C=CCCCCCCCC#CCCCC(C)=O. The second-order valence-electron chi connectivity index (χ2n) is 6.35. The van der Waals surface area contributed by atoms with E-state index >= 15 is 0 Å².